The van der Waals surface area contributed by atoms with Crippen molar-refractivity contribution in [2.45, 2.75) is 54.6 Å². The molecule has 0 aromatic heterocycles. The van der Waals surface area contributed by atoms with E-state index in [0.717, 1.165) is 0 Å². The molecule has 0 aliphatic rings. The molecule has 0 unspecified atom stereocenters. The Morgan fingerprint density at radius 2 is 1.00 bits per heavy atom. The molecule has 94 valence electrons. The van der Waals surface area contributed by atoms with Gasteiger partial charge in [0.2, 0.25) is 0 Å². The molecule has 0 radical (unpaired) electrons. The van der Waals surface area contributed by atoms with E-state index in [2.05, 4.69) is 0 Å². The summed E-state index contributed by atoms with van der Waals surface area (Å²) < 4.78 is 0. The van der Waals surface area contributed by atoms with Gasteiger partial charge >= 0.3 is 0 Å². The number of carbonyl (C=O) groups is 2. The molecule has 0 atom stereocenters. The molecule has 0 spiro atoms. The fourth-order valence-electron chi connectivity index (χ4n) is 0. The van der Waals surface area contributed by atoms with Gasteiger partial charge in [0.05, 0.1) is 0 Å². The molecule has 0 fully saturated rings. The van der Waals surface area contributed by atoms with E-state index in [4.69, 9.17) is 10.2 Å². The van der Waals surface area contributed by atoms with Gasteiger partial charge in [0.1, 0.15) is 11.6 Å². The Hall–Kier alpha value is -0.740. The number of carbonyl (C=O) groups excluding carboxylic acids is 2. The summed E-state index contributed by atoms with van der Waals surface area (Å²) in [5.74, 6) is 0.333. The van der Waals surface area contributed by atoms with Gasteiger partial charge in [-0.1, -0.05) is 0 Å². The third-order valence-electron chi connectivity index (χ3n) is 0. The van der Waals surface area contributed by atoms with Crippen LogP contribution in [-0.2, 0) is 9.59 Å². The summed E-state index contributed by atoms with van der Waals surface area (Å²) in [5, 5.41) is 15.6. The van der Waals surface area contributed by atoms with Crippen molar-refractivity contribution in [2.24, 2.45) is 0 Å². The summed E-state index contributed by atoms with van der Waals surface area (Å²) in [4.78, 5) is 18.9. The van der Waals surface area contributed by atoms with Crippen molar-refractivity contribution in [3.8, 4) is 0 Å². The van der Waals surface area contributed by atoms with Crippen LogP contribution in [0.1, 0.15) is 48.5 Å². The number of rotatable bonds is 0. The van der Waals surface area contributed by atoms with Gasteiger partial charge in [-0.15, -0.1) is 0 Å². The third kappa shape index (κ3) is 3070. The van der Waals surface area contributed by atoms with Crippen LogP contribution < -0.4 is 0 Å². The van der Waals surface area contributed by atoms with Gasteiger partial charge in [0, 0.05) is 12.7 Å². The lowest BCUT2D eigenvalue weighted by atomic mass is 10.5. The fourth-order valence-corrected chi connectivity index (χ4v) is 0. The lowest BCUT2D eigenvalue weighted by Crippen LogP contribution is -1.85. The molecule has 0 bridgehead atoms. The molecule has 0 heterocycles. The lowest BCUT2D eigenvalue weighted by Gasteiger charge is -1.80. The van der Waals surface area contributed by atoms with Gasteiger partial charge in [-0.2, -0.15) is 0 Å². The van der Waals surface area contributed by atoms with Crippen molar-refractivity contribution >= 4 is 11.6 Å². The zero-order chi connectivity index (χ0) is 13.4. The van der Waals surface area contributed by atoms with Crippen molar-refractivity contribution in [3.63, 3.8) is 0 Å². The first-order valence-electron chi connectivity index (χ1n) is 4.84. The first-order chi connectivity index (χ1) is 6.61. The molecule has 0 saturated carbocycles. The summed E-state index contributed by atoms with van der Waals surface area (Å²) in [6.07, 6.45) is -0.167. The van der Waals surface area contributed by atoms with Crippen LogP contribution in [0.15, 0.2) is 0 Å². The number of aliphatic hydroxyl groups excluding tert-OH is 2. The highest BCUT2D eigenvalue weighted by Crippen LogP contribution is 1.65. The summed E-state index contributed by atoms with van der Waals surface area (Å²) in [6.45, 7) is 11.5. The van der Waals surface area contributed by atoms with E-state index >= 15 is 0 Å². The molecular formula is C11H26O4. The number of ketones is 2. The van der Waals surface area contributed by atoms with Crippen LogP contribution >= 0.6 is 0 Å². The molecule has 0 aromatic carbocycles. The summed E-state index contributed by atoms with van der Waals surface area (Å²) in [7, 11) is 0. The molecule has 0 aliphatic heterocycles. The highest BCUT2D eigenvalue weighted by molar-refractivity contribution is 5.72. The van der Waals surface area contributed by atoms with Gasteiger partial charge in [-0.25, -0.2) is 0 Å². The number of hydrogen-bond acceptors (Lipinski definition) is 4. The molecule has 4 nitrogen and oxygen atoms in total. The monoisotopic (exact) mass is 222 g/mol. The average Bonchev–Trinajstić information content (AvgIpc) is 1.81. The first-order valence-corrected chi connectivity index (χ1v) is 4.84. The van der Waals surface area contributed by atoms with Crippen molar-refractivity contribution < 1.29 is 19.8 Å². The first kappa shape index (κ1) is 23.8. The number of Topliss-reactive ketones (excluding diaryl/α,β-unsaturated/α-hetero) is 2. The zero-order valence-corrected chi connectivity index (χ0v) is 11.0. The highest BCUT2D eigenvalue weighted by Gasteiger charge is 1.69. The van der Waals surface area contributed by atoms with E-state index in [1.807, 2.05) is 0 Å². The second-order valence-electron chi connectivity index (χ2n) is 3.23. The van der Waals surface area contributed by atoms with Crippen LogP contribution in [0.3, 0.4) is 0 Å². The van der Waals surface area contributed by atoms with Crippen LogP contribution in [0, 0.1) is 0 Å². The molecule has 4 heteroatoms. The Morgan fingerprint density at radius 3 is 1.00 bits per heavy atom. The summed E-state index contributed by atoms with van der Waals surface area (Å²) in [5.41, 5.74) is 0. The average molecular weight is 222 g/mol. The van der Waals surface area contributed by atoms with Crippen LogP contribution in [0.25, 0.3) is 0 Å². The molecule has 0 aliphatic carbocycles. The maximum absolute atomic E-state index is 9.44. The molecular weight excluding hydrogens is 196 g/mol. The minimum absolute atomic E-state index is 0.167. The van der Waals surface area contributed by atoms with Crippen molar-refractivity contribution in [1.82, 2.24) is 0 Å². The fraction of sp³-hybridized carbons (Fsp3) is 0.818. The van der Waals surface area contributed by atoms with Gasteiger partial charge in [0.15, 0.2) is 0 Å². The minimum atomic E-state index is -0.167. The number of aliphatic hydroxyl groups is 2. The lowest BCUT2D eigenvalue weighted by molar-refractivity contribution is -0.115. The molecule has 0 rings (SSSR count). The summed E-state index contributed by atoms with van der Waals surface area (Å²) in [6, 6.07) is 0. The Balaban J connectivity index is -0.0000000542. The Bertz CT molecular complexity index is 108. The second kappa shape index (κ2) is 23.2. The standard InChI is InChI=1S/C3H8O.2C3H6O.C2H6O/c3*1-3(2)4;1-2-3/h3-4H,1-2H3;2*1-2H3;3H,2H2,1H3. The largest absolute Gasteiger partial charge is 0.397 e. The smallest absolute Gasteiger partial charge is 0.126 e. The molecule has 2 N–H and O–H groups in total. The summed E-state index contributed by atoms with van der Waals surface area (Å²) >= 11 is 0. The zero-order valence-electron chi connectivity index (χ0n) is 11.0. The molecule has 0 saturated heterocycles. The van der Waals surface area contributed by atoms with E-state index in [-0.39, 0.29) is 24.3 Å². The molecule has 0 amide bonds. The normalized spacial score (nSPS) is 7.07. The highest BCUT2D eigenvalue weighted by atomic mass is 16.3. The maximum atomic E-state index is 9.44. The topological polar surface area (TPSA) is 74.6 Å². The Kier molecular flexibility index (Phi) is 36.9. The second-order valence-corrected chi connectivity index (χ2v) is 3.23. The van der Waals surface area contributed by atoms with Crippen molar-refractivity contribution in [3.05, 3.63) is 0 Å². The van der Waals surface area contributed by atoms with Crippen LogP contribution in [0.2, 0.25) is 0 Å². The Labute approximate surface area is 93.3 Å². The van der Waals surface area contributed by atoms with E-state index in [1.54, 1.807) is 20.8 Å². The predicted molar refractivity (Wildman–Crippen MR) is 62.8 cm³/mol. The Morgan fingerprint density at radius 1 is 1.00 bits per heavy atom. The van der Waals surface area contributed by atoms with E-state index in [1.165, 1.54) is 27.7 Å². The third-order valence-corrected chi connectivity index (χ3v) is 0. The number of hydrogen-bond donors (Lipinski definition) is 2. The van der Waals surface area contributed by atoms with Gasteiger partial charge in [0.25, 0.3) is 0 Å². The minimum Gasteiger partial charge on any atom is -0.397 e. The van der Waals surface area contributed by atoms with E-state index < -0.39 is 0 Å². The quantitative estimate of drug-likeness (QED) is 0.652. The van der Waals surface area contributed by atoms with Crippen molar-refractivity contribution in [2.75, 3.05) is 6.61 Å². The van der Waals surface area contributed by atoms with Gasteiger partial charge in [-0.3, -0.25) is 0 Å². The molecule has 15 heavy (non-hydrogen) atoms. The van der Waals surface area contributed by atoms with E-state index in [0.29, 0.717) is 0 Å². The van der Waals surface area contributed by atoms with Gasteiger partial charge < -0.3 is 19.8 Å². The maximum Gasteiger partial charge on any atom is 0.126 e. The molecule has 0 aromatic rings. The SMILES string of the molecule is CC(C)=O.CC(C)=O.CC(C)O.CCO. The van der Waals surface area contributed by atoms with E-state index in [9.17, 15) is 9.59 Å². The van der Waals surface area contributed by atoms with Gasteiger partial charge in [-0.05, 0) is 48.5 Å². The van der Waals surface area contributed by atoms with Crippen LogP contribution in [0.4, 0.5) is 0 Å². The predicted octanol–water partition coefficient (Wildman–Crippen LogP) is 1.58. The van der Waals surface area contributed by atoms with Crippen LogP contribution in [-0.4, -0.2) is 34.5 Å². The van der Waals surface area contributed by atoms with Crippen LogP contribution in [0.5, 0.6) is 0 Å². The van der Waals surface area contributed by atoms with Crippen molar-refractivity contribution in [1.29, 1.82) is 0 Å².